The normalized spacial score (nSPS) is 10.6. The molecule has 11 heavy (non-hydrogen) atoms. The molecule has 2 aromatic rings. The molecule has 1 aromatic heterocycles. The Balaban J connectivity index is 2.93. The molecule has 0 spiro atoms. The zero-order chi connectivity index (χ0) is 7.84. The van der Waals surface area contributed by atoms with Gasteiger partial charge in [0.05, 0.1) is 22.4 Å². The lowest BCUT2D eigenvalue weighted by Gasteiger charge is -1.96. The maximum absolute atomic E-state index is 5.78. The standard InChI is InChI=1S/C7H6ClN3/c8-5-1-2-6-4(7(5)9)3-10-11-6/h1-3H,9H2,(H,10,11). The number of nitrogens with one attached hydrogen (secondary N) is 1. The van der Waals surface area contributed by atoms with Gasteiger partial charge in [-0.05, 0) is 12.1 Å². The molecule has 0 aliphatic heterocycles. The number of hydrogen-bond acceptors (Lipinski definition) is 2. The van der Waals surface area contributed by atoms with Crippen molar-refractivity contribution in [3.8, 4) is 0 Å². The first-order valence-electron chi connectivity index (χ1n) is 3.16. The quantitative estimate of drug-likeness (QED) is 0.588. The zero-order valence-electron chi connectivity index (χ0n) is 5.63. The Kier molecular flexibility index (Phi) is 1.26. The van der Waals surface area contributed by atoms with E-state index in [0.29, 0.717) is 10.7 Å². The van der Waals surface area contributed by atoms with Crippen molar-refractivity contribution in [1.29, 1.82) is 0 Å². The fourth-order valence-corrected chi connectivity index (χ4v) is 1.18. The average molecular weight is 168 g/mol. The fourth-order valence-electron chi connectivity index (χ4n) is 1.01. The van der Waals surface area contributed by atoms with Gasteiger partial charge in [0.15, 0.2) is 0 Å². The molecule has 0 aliphatic rings. The maximum atomic E-state index is 5.78. The second-order valence-electron chi connectivity index (χ2n) is 2.29. The summed E-state index contributed by atoms with van der Waals surface area (Å²) in [6, 6.07) is 3.60. The third kappa shape index (κ3) is 0.851. The summed E-state index contributed by atoms with van der Waals surface area (Å²) >= 11 is 5.78. The highest BCUT2D eigenvalue weighted by Gasteiger charge is 2.02. The molecule has 4 heteroatoms. The molecular formula is C7H6ClN3. The Bertz CT molecular complexity index is 393. The van der Waals surface area contributed by atoms with Gasteiger partial charge < -0.3 is 5.73 Å². The Morgan fingerprint density at radius 3 is 3.09 bits per heavy atom. The molecule has 0 saturated heterocycles. The van der Waals surface area contributed by atoms with Crippen LogP contribution >= 0.6 is 11.6 Å². The molecule has 0 atom stereocenters. The van der Waals surface area contributed by atoms with Crippen LogP contribution in [-0.4, -0.2) is 10.2 Å². The summed E-state index contributed by atoms with van der Waals surface area (Å²) in [7, 11) is 0. The second-order valence-corrected chi connectivity index (χ2v) is 2.70. The number of hydrogen-bond donors (Lipinski definition) is 2. The first-order valence-corrected chi connectivity index (χ1v) is 3.54. The van der Waals surface area contributed by atoms with E-state index in [9.17, 15) is 0 Å². The molecule has 0 unspecified atom stereocenters. The van der Waals surface area contributed by atoms with Crippen molar-refractivity contribution in [2.45, 2.75) is 0 Å². The van der Waals surface area contributed by atoms with E-state index >= 15 is 0 Å². The van der Waals surface area contributed by atoms with Crippen molar-refractivity contribution in [2.75, 3.05) is 5.73 Å². The first kappa shape index (κ1) is 6.49. The van der Waals surface area contributed by atoms with Gasteiger partial charge in [-0.1, -0.05) is 11.6 Å². The van der Waals surface area contributed by atoms with E-state index in [4.69, 9.17) is 17.3 Å². The highest BCUT2D eigenvalue weighted by Crippen LogP contribution is 2.26. The summed E-state index contributed by atoms with van der Waals surface area (Å²) < 4.78 is 0. The van der Waals surface area contributed by atoms with Crippen molar-refractivity contribution < 1.29 is 0 Å². The van der Waals surface area contributed by atoms with E-state index in [1.54, 1.807) is 12.3 Å². The van der Waals surface area contributed by atoms with E-state index in [1.165, 1.54) is 0 Å². The van der Waals surface area contributed by atoms with Gasteiger partial charge in [0, 0.05) is 5.39 Å². The minimum Gasteiger partial charge on any atom is -0.397 e. The first-order chi connectivity index (χ1) is 5.29. The summed E-state index contributed by atoms with van der Waals surface area (Å²) in [6.45, 7) is 0. The molecule has 3 nitrogen and oxygen atoms in total. The van der Waals surface area contributed by atoms with E-state index < -0.39 is 0 Å². The lowest BCUT2D eigenvalue weighted by Crippen LogP contribution is -1.85. The third-order valence-electron chi connectivity index (χ3n) is 1.61. The number of nitrogen functional groups attached to an aromatic ring is 1. The number of halogens is 1. The van der Waals surface area contributed by atoms with Crippen LogP contribution in [0.3, 0.4) is 0 Å². The van der Waals surface area contributed by atoms with Crippen LogP contribution in [0.1, 0.15) is 0 Å². The van der Waals surface area contributed by atoms with Gasteiger partial charge in [-0.25, -0.2) is 0 Å². The Morgan fingerprint density at radius 2 is 2.27 bits per heavy atom. The highest BCUT2D eigenvalue weighted by atomic mass is 35.5. The summed E-state index contributed by atoms with van der Waals surface area (Å²) in [6.07, 6.45) is 1.66. The number of aromatic amines is 1. The van der Waals surface area contributed by atoms with Crippen LogP contribution < -0.4 is 5.73 Å². The second kappa shape index (κ2) is 2.13. The topological polar surface area (TPSA) is 54.7 Å². The molecule has 0 radical (unpaired) electrons. The van der Waals surface area contributed by atoms with E-state index in [1.807, 2.05) is 6.07 Å². The van der Waals surface area contributed by atoms with Crippen molar-refractivity contribution in [2.24, 2.45) is 0 Å². The van der Waals surface area contributed by atoms with Crippen LogP contribution in [0.15, 0.2) is 18.3 Å². The van der Waals surface area contributed by atoms with E-state index in [0.717, 1.165) is 10.9 Å². The molecule has 1 heterocycles. The molecule has 56 valence electrons. The van der Waals surface area contributed by atoms with Gasteiger partial charge in [-0.15, -0.1) is 0 Å². The van der Waals surface area contributed by atoms with Crippen molar-refractivity contribution in [1.82, 2.24) is 10.2 Å². The Morgan fingerprint density at radius 1 is 1.45 bits per heavy atom. The fraction of sp³-hybridized carbons (Fsp3) is 0. The van der Waals surface area contributed by atoms with E-state index in [-0.39, 0.29) is 0 Å². The third-order valence-corrected chi connectivity index (χ3v) is 1.94. The monoisotopic (exact) mass is 167 g/mol. The average Bonchev–Trinajstić information content (AvgIpc) is 2.45. The highest BCUT2D eigenvalue weighted by molar-refractivity contribution is 6.34. The van der Waals surface area contributed by atoms with Crippen molar-refractivity contribution >= 4 is 28.2 Å². The van der Waals surface area contributed by atoms with Crippen LogP contribution in [0.25, 0.3) is 10.9 Å². The molecule has 0 aliphatic carbocycles. The molecule has 0 amide bonds. The number of rotatable bonds is 0. The predicted molar refractivity (Wildman–Crippen MR) is 45.5 cm³/mol. The van der Waals surface area contributed by atoms with Gasteiger partial charge in [0.2, 0.25) is 0 Å². The molecule has 0 bridgehead atoms. The predicted octanol–water partition coefficient (Wildman–Crippen LogP) is 1.80. The number of aromatic nitrogens is 2. The summed E-state index contributed by atoms with van der Waals surface area (Å²) in [5.41, 5.74) is 7.16. The maximum Gasteiger partial charge on any atom is 0.0672 e. The van der Waals surface area contributed by atoms with Crippen LogP contribution in [0, 0.1) is 0 Å². The molecule has 0 saturated carbocycles. The summed E-state index contributed by atoms with van der Waals surface area (Å²) in [5.74, 6) is 0. The molecule has 2 rings (SSSR count). The minimum absolute atomic E-state index is 0.568. The number of anilines is 1. The van der Waals surface area contributed by atoms with E-state index in [2.05, 4.69) is 10.2 Å². The lowest BCUT2D eigenvalue weighted by atomic mass is 10.2. The largest absolute Gasteiger partial charge is 0.397 e. The van der Waals surface area contributed by atoms with Gasteiger partial charge in [0.1, 0.15) is 0 Å². The number of fused-ring (bicyclic) bond motifs is 1. The summed E-state index contributed by atoms with van der Waals surface area (Å²) in [4.78, 5) is 0. The van der Waals surface area contributed by atoms with Crippen LogP contribution in [0.4, 0.5) is 5.69 Å². The zero-order valence-corrected chi connectivity index (χ0v) is 6.39. The molecule has 0 fully saturated rings. The number of nitrogens with zero attached hydrogens (tertiary/aromatic N) is 1. The number of benzene rings is 1. The molecule has 3 N–H and O–H groups in total. The van der Waals surface area contributed by atoms with Crippen molar-refractivity contribution in [3.05, 3.63) is 23.4 Å². The Hall–Kier alpha value is -1.22. The molecular weight excluding hydrogens is 162 g/mol. The van der Waals surface area contributed by atoms with Crippen molar-refractivity contribution in [3.63, 3.8) is 0 Å². The number of H-pyrrole nitrogens is 1. The lowest BCUT2D eigenvalue weighted by molar-refractivity contribution is 1.12. The van der Waals surface area contributed by atoms with Crippen LogP contribution in [0.2, 0.25) is 5.02 Å². The summed E-state index contributed by atoms with van der Waals surface area (Å²) in [5, 5.41) is 8.08. The van der Waals surface area contributed by atoms with Gasteiger partial charge >= 0.3 is 0 Å². The van der Waals surface area contributed by atoms with Crippen LogP contribution in [-0.2, 0) is 0 Å². The smallest absolute Gasteiger partial charge is 0.0672 e. The van der Waals surface area contributed by atoms with Crippen LogP contribution in [0.5, 0.6) is 0 Å². The van der Waals surface area contributed by atoms with Gasteiger partial charge in [0.25, 0.3) is 0 Å². The molecule has 1 aromatic carbocycles. The minimum atomic E-state index is 0.568. The van der Waals surface area contributed by atoms with Gasteiger partial charge in [-0.3, -0.25) is 5.10 Å². The van der Waals surface area contributed by atoms with Gasteiger partial charge in [-0.2, -0.15) is 5.10 Å². The SMILES string of the molecule is Nc1c(Cl)ccc2[nH]ncc12. The number of nitrogens with two attached hydrogens (primary N) is 1. The Labute approximate surface area is 68.2 Å².